The molecule has 2 unspecified atom stereocenters. The maximum atomic E-state index is 12.0. The molecule has 7 heteroatoms. The number of benzene rings is 1. The van der Waals surface area contributed by atoms with Gasteiger partial charge in [-0.25, -0.2) is 9.59 Å². The van der Waals surface area contributed by atoms with Crippen LogP contribution in [0.3, 0.4) is 0 Å². The lowest BCUT2D eigenvalue weighted by Gasteiger charge is -2.19. The predicted octanol–water partition coefficient (Wildman–Crippen LogP) is 3.55. The minimum atomic E-state index is -1.03. The van der Waals surface area contributed by atoms with Crippen molar-refractivity contribution in [3.63, 3.8) is 0 Å². The second kappa shape index (κ2) is 7.17. The number of thioether (sulfide) groups is 1. The third-order valence-electron chi connectivity index (χ3n) is 3.47. The van der Waals surface area contributed by atoms with Crippen LogP contribution < -0.4 is 10.6 Å². The molecule has 0 aromatic heterocycles. The van der Waals surface area contributed by atoms with Crippen LogP contribution in [0.4, 0.5) is 10.5 Å². The van der Waals surface area contributed by atoms with Crippen LogP contribution in [0.1, 0.15) is 29.6 Å². The van der Waals surface area contributed by atoms with Gasteiger partial charge in [0.25, 0.3) is 0 Å². The monoisotopic (exact) mass is 372 g/mol. The minimum absolute atomic E-state index is 0.127. The van der Waals surface area contributed by atoms with Gasteiger partial charge in [0, 0.05) is 21.5 Å². The van der Waals surface area contributed by atoms with Crippen molar-refractivity contribution in [3.8, 4) is 0 Å². The molecule has 0 bridgehead atoms. The van der Waals surface area contributed by atoms with E-state index in [1.165, 1.54) is 12.1 Å². The summed E-state index contributed by atoms with van der Waals surface area (Å²) in [7, 11) is 0. The van der Waals surface area contributed by atoms with Crippen LogP contribution in [0.5, 0.6) is 0 Å². The Morgan fingerprint density at radius 3 is 2.76 bits per heavy atom. The Kier molecular flexibility index (Phi) is 5.52. The second-order valence-electron chi connectivity index (χ2n) is 4.94. The van der Waals surface area contributed by atoms with Crippen LogP contribution in [0.2, 0.25) is 0 Å². The molecule has 1 aliphatic carbocycles. The highest BCUT2D eigenvalue weighted by Crippen LogP contribution is 2.28. The molecule has 2 atom stereocenters. The van der Waals surface area contributed by atoms with Gasteiger partial charge in [0.15, 0.2) is 0 Å². The molecule has 0 radical (unpaired) electrons. The Morgan fingerprint density at radius 1 is 1.33 bits per heavy atom. The first-order valence-electron chi connectivity index (χ1n) is 6.64. The average molecular weight is 373 g/mol. The van der Waals surface area contributed by atoms with Gasteiger partial charge in [-0.1, -0.05) is 22.4 Å². The topological polar surface area (TPSA) is 78.4 Å². The zero-order valence-corrected chi connectivity index (χ0v) is 14.0. The van der Waals surface area contributed by atoms with E-state index in [9.17, 15) is 9.59 Å². The van der Waals surface area contributed by atoms with Crippen LogP contribution >= 0.6 is 27.7 Å². The van der Waals surface area contributed by atoms with Crippen molar-refractivity contribution < 1.29 is 14.7 Å². The highest BCUT2D eigenvalue weighted by molar-refractivity contribution is 9.10. The molecular weight excluding hydrogens is 356 g/mol. The SMILES string of the molecule is CSC1CCCC1NC(=O)Nc1cc(Br)cc(C(=O)O)c1. The molecule has 0 aliphatic heterocycles. The Bertz CT molecular complexity index is 553. The van der Waals surface area contributed by atoms with E-state index < -0.39 is 5.97 Å². The average Bonchev–Trinajstić information content (AvgIpc) is 2.84. The van der Waals surface area contributed by atoms with E-state index in [4.69, 9.17) is 5.11 Å². The van der Waals surface area contributed by atoms with Crippen molar-refractivity contribution in [3.05, 3.63) is 28.2 Å². The molecule has 0 heterocycles. The van der Waals surface area contributed by atoms with Gasteiger partial charge >= 0.3 is 12.0 Å². The molecule has 2 amide bonds. The summed E-state index contributed by atoms with van der Waals surface area (Å²) in [6.45, 7) is 0. The fourth-order valence-electron chi connectivity index (χ4n) is 2.49. The van der Waals surface area contributed by atoms with Gasteiger partial charge in [-0.2, -0.15) is 11.8 Å². The zero-order chi connectivity index (χ0) is 15.4. The Morgan fingerprint density at radius 2 is 2.10 bits per heavy atom. The number of halogens is 1. The van der Waals surface area contributed by atoms with Gasteiger partial charge in [0.1, 0.15) is 0 Å². The molecule has 1 saturated carbocycles. The molecule has 1 aromatic rings. The van der Waals surface area contributed by atoms with Crippen molar-refractivity contribution in [1.29, 1.82) is 0 Å². The number of carbonyl (C=O) groups excluding carboxylic acids is 1. The van der Waals surface area contributed by atoms with Gasteiger partial charge in [0.05, 0.1) is 5.56 Å². The van der Waals surface area contributed by atoms with E-state index in [2.05, 4.69) is 32.8 Å². The van der Waals surface area contributed by atoms with Crippen LogP contribution in [0.15, 0.2) is 22.7 Å². The van der Waals surface area contributed by atoms with Crippen molar-refractivity contribution in [1.82, 2.24) is 5.32 Å². The number of nitrogens with one attached hydrogen (secondary N) is 2. The Labute approximate surface area is 136 Å². The molecule has 3 N–H and O–H groups in total. The van der Waals surface area contributed by atoms with Crippen molar-refractivity contribution in [2.45, 2.75) is 30.6 Å². The van der Waals surface area contributed by atoms with Gasteiger partial charge < -0.3 is 15.7 Å². The number of carbonyl (C=O) groups is 2. The third kappa shape index (κ3) is 4.38. The standard InChI is InChI=1S/C14H17BrN2O3S/c1-21-12-4-2-3-11(12)17-14(20)16-10-6-8(13(18)19)5-9(15)7-10/h5-7,11-12H,2-4H2,1H3,(H,18,19)(H2,16,17,20). The van der Waals surface area contributed by atoms with E-state index in [0.717, 1.165) is 19.3 Å². The van der Waals surface area contributed by atoms with Gasteiger partial charge in [0.2, 0.25) is 0 Å². The fourth-order valence-corrected chi connectivity index (χ4v) is 3.92. The van der Waals surface area contributed by atoms with Crippen LogP contribution in [-0.2, 0) is 0 Å². The van der Waals surface area contributed by atoms with Gasteiger partial charge in [-0.3, -0.25) is 0 Å². The number of hydrogen-bond acceptors (Lipinski definition) is 3. The van der Waals surface area contributed by atoms with Crippen molar-refractivity contribution in [2.75, 3.05) is 11.6 Å². The molecule has 0 saturated heterocycles. The Hall–Kier alpha value is -1.21. The Balaban J connectivity index is 2.01. The summed E-state index contributed by atoms with van der Waals surface area (Å²) in [5, 5.41) is 15.1. The number of amides is 2. The molecule has 21 heavy (non-hydrogen) atoms. The first-order chi connectivity index (χ1) is 9.99. The maximum Gasteiger partial charge on any atom is 0.335 e. The lowest BCUT2D eigenvalue weighted by Crippen LogP contribution is -2.41. The molecule has 5 nitrogen and oxygen atoms in total. The van der Waals surface area contributed by atoms with Crippen LogP contribution in [0.25, 0.3) is 0 Å². The van der Waals surface area contributed by atoms with E-state index in [0.29, 0.717) is 15.4 Å². The maximum absolute atomic E-state index is 12.0. The van der Waals surface area contributed by atoms with E-state index in [1.807, 2.05) is 0 Å². The quantitative estimate of drug-likeness (QED) is 0.754. The first kappa shape index (κ1) is 16.2. The summed E-state index contributed by atoms with van der Waals surface area (Å²) >= 11 is 5.01. The normalized spacial score (nSPS) is 21.0. The lowest BCUT2D eigenvalue weighted by atomic mass is 10.2. The van der Waals surface area contributed by atoms with Gasteiger partial charge in [-0.15, -0.1) is 0 Å². The van der Waals surface area contributed by atoms with Crippen LogP contribution in [0, 0.1) is 0 Å². The van der Waals surface area contributed by atoms with E-state index in [1.54, 1.807) is 17.8 Å². The minimum Gasteiger partial charge on any atom is -0.478 e. The zero-order valence-electron chi connectivity index (χ0n) is 11.6. The second-order valence-corrected chi connectivity index (χ2v) is 6.94. The van der Waals surface area contributed by atoms with Gasteiger partial charge in [-0.05, 0) is 37.3 Å². The summed E-state index contributed by atoms with van der Waals surface area (Å²) in [4.78, 5) is 23.0. The predicted molar refractivity (Wildman–Crippen MR) is 88.2 cm³/mol. The molecule has 1 fully saturated rings. The molecule has 114 valence electrons. The number of carboxylic acid groups (broad SMARTS) is 1. The number of aromatic carboxylic acids is 1. The highest BCUT2D eigenvalue weighted by Gasteiger charge is 2.27. The van der Waals surface area contributed by atoms with Crippen LogP contribution in [-0.4, -0.2) is 34.7 Å². The van der Waals surface area contributed by atoms with E-state index in [-0.39, 0.29) is 17.6 Å². The third-order valence-corrected chi connectivity index (χ3v) is 5.10. The number of anilines is 1. The lowest BCUT2D eigenvalue weighted by molar-refractivity contribution is 0.0697. The largest absolute Gasteiger partial charge is 0.478 e. The summed E-state index contributed by atoms with van der Waals surface area (Å²) in [6, 6.07) is 4.48. The molecule has 0 spiro atoms. The van der Waals surface area contributed by atoms with E-state index >= 15 is 0 Å². The number of hydrogen-bond donors (Lipinski definition) is 3. The number of rotatable bonds is 4. The summed E-state index contributed by atoms with van der Waals surface area (Å²) in [6.07, 6.45) is 5.27. The molecular formula is C14H17BrN2O3S. The summed E-state index contributed by atoms with van der Waals surface area (Å²) in [5.74, 6) is -1.03. The first-order valence-corrected chi connectivity index (χ1v) is 8.72. The summed E-state index contributed by atoms with van der Waals surface area (Å²) < 4.78 is 0.612. The smallest absolute Gasteiger partial charge is 0.335 e. The fraction of sp³-hybridized carbons (Fsp3) is 0.429. The van der Waals surface area contributed by atoms with Crippen molar-refractivity contribution >= 4 is 45.4 Å². The molecule has 1 aliphatic rings. The van der Waals surface area contributed by atoms with Crippen molar-refractivity contribution in [2.24, 2.45) is 0 Å². The molecule has 2 rings (SSSR count). The summed E-state index contributed by atoms with van der Waals surface area (Å²) in [5.41, 5.74) is 0.584. The number of urea groups is 1. The molecule has 1 aromatic carbocycles. The highest BCUT2D eigenvalue weighted by atomic mass is 79.9. The number of carboxylic acids is 1.